The molecule has 0 N–H and O–H groups in total. The molecule has 1 aromatic carbocycles. The van der Waals surface area contributed by atoms with E-state index in [2.05, 4.69) is 0 Å². The minimum Gasteiger partial charge on any atom is -0.457 e. The molecule has 2 saturated heterocycles. The van der Waals surface area contributed by atoms with Crippen molar-refractivity contribution >= 4 is 73.3 Å². The molecule has 1 amide bonds. The Kier molecular flexibility index (Phi) is 5.35. The molecule has 0 bridgehead atoms. The molecule has 146 valence electrons. The van der Waals surface area contributed by atoms with Crippen molar-refractivity contribution in [1.29, 1.82) is 0 Å². The molecule has 1 aromatic heterocycles. The summed E-state index contributed by atoms with van der Waals surface area (Å²) in [6.07, 6.45) is 2.01. The summed E-state index contributed by atoms with van der Waals surface area (Å²) in [6, 6.07) is 8.18. The van der Waals surface area contributed by atoms with Gasteiger partial charge in [-0.15, -0.1) is 0 Å². The summed E-state index contributed by atoms with van der Waals surface area (Å²) in [5.41, 5.74) is 0.689. The maximum Gasteiger partial charge on any atom is 0.266 e. The van der Waals surface area contributed by atoms with Crippen LogP contribution in [0.2, 0.25) is 10.0 Å². The van der Waals surface area contributed by atoms with Crippen molar-refractivity contribution < 1.29 is 17.6 Å². The molecule has 2 aromatic rings. The van der Waals surface area contributed by atoms with Gasteiger partial charge in [-0.05, 0) is 36.8 Å². The second kappa shape index (κ2) is 7.50. The molecular weight excluding hydrogens is 461 g/mol. The first-order chi connectivity index (χ1) is 13.2. The van der Waals surface area contributed by atoms with Crippen LogP contribution in [-0.2, 0) is 14.6 Å². The van der Waals surface area contributed by atoms with Crippen molar-refractivity contribution in [3.63, 3.8) is 0 Å². The summed E-state index contributed by atoms with van der Waals surface area (Å²) in [6.45, 7) is 0. The van der Waals surface area contributed by atoms with E-state index < -0.39 is 15.9 Å². The van der Waals surface area contributed by atoms with Gasteiger partial charge in [-0.25, -0.2) is 8.42 Å². The predicted octanol–water partition coefficient (Wildman–Crippen LogP) is 4.64. The fraction of sp³-hybridized carbons (Fsp3) is 0.222. The van der Waals surface area contributed by atoms with E-state index in [1.807, 2.05) is 0 Å². The van der Waals surface area contributed by atoms with Gasteiger partial charge in [-0.1, -0.05) is 47.2 Å². The van der Waals surface area contributed by atoms with Crippen LogP contribution in [0, 0.1) is 0 Å². The molecule has 0 radical (unpaired) electrons. The average molecular weight is 474 g/mol. The van der Waals surface area contributed by atoms with E-state index in [-0.39, 0.29) is 17.4 Å². The molecule has 2 fully saturated rings. The number of halogens is 2. The SMILES string of the molecule is O=C1/C(=C\c2ccc(-c3ccc(Cl)cc3Cl)o2)SC(=S)N1[C@@H]1CCS(=O)(=O)C1. The molecule has 10 heteroatoms. The highest BCUT2D eigenvalue weighted by Gasteiger charge is 2.42. The second-order valence-corrected chi connectivity index (χ2v) is 11.2. The molecule has 4 rings (SSSR count). The smallest absolute Gasteiger partial charge is 0.266 e. The van der Waals surface area contributed by atoms with Crippen molar-refractivity contribution in [2.24, 2.45) is 0 Å². The van der Waals surface area contributed by atoms with Crippen LogP contribution in [0.1, 0.15) is 12.2 Å². The van der Waals surface area contributed by atoms with E-state index in [0.29, 0.717) is 42.8 Å². The van der Waals surface area contributed by atoms with E-state index in [1.54, 1.807) is 36.4 Å². The van der Waals surface area contributed by atoms with Gasteiger partial charge in [0.25, 0.3) is 5.91 Å². The number of rotatable bonds is 3. The lowest BCUT2D eigenvalue weighted by atomic mass is 10.2. The summed E-state index contributed by atoms with van der Waals surface area (Å²) < 4.78 is 29.6. The molecule has 2 aliphatic heterocycles. The Hall–Kier alpha value is -1.32. The number of carbonyl (C=O) groups excluding carboxylic acids is 1. The summed E-state index contributed by atoms with van der Waals surface area (Å²) >= 11 is 18.6. The van der Waals surface area contributed by atoms with E-state index in [0.717, 1.165) is 11.8 Å². The van der Waals surface area contributed by atoms with Crippen molar-refractivity contribution in [3.05, 3.63) is 51.0 Å². The largest absolute Gasteiger partial charge is 0.457 e. The van der Waals surface area contributed by atoms with Crippen molar-refractivity contribution in [1.82, 2.24) is 4.90 Å². The summed E-state index contributed by atoms with van der Waals surface area (Å²) in [4.78, 5) is 14.6. The quantitative estimate of drug-likeness (QED) is 0.477. The second-order valence-electron chi connectivity index (χ2n) is 6.43. The lowest BCUT2D eigenvalue weighted by molar-refractivity contribution is -0.123. The number of hydrogen-bond acceptors (Lipinski definition) is 6. The number of carbonyl (C=O) groups is 1. The van der Waals surface area contributed by atoms with Gasteiger partial charge < -0.3 is 4.42 Å². The number of furan rings is 1. The number of nitrogens with zero attached hydrogens (tertiary/aromatic N) is 1. The first kappa shape index (κ1) is 20.0. The van der Waals surface area contributed by atoms with Crippen LogP contribution in [0.3, 0.4) is 0 Å². The standard InChI is InChI=1S/C18H13Cl2NO4S3/c19-10-1-3-13(14(20)7-10)15-4-2-12(25-15)8-16-17(22)21(18(26)27-16)11-5-6-28(23,24)9-11/h1-4,7-8,11H,5-6,9H2/b16-8+/t11-/m1/s1. The van der Waals surface area contributed by atoms with Crippen molar-refractivity contribution in [2.75, 3.05) is 11.5 Å². The molecule has 3 heterocycles. The van der Waals surface area contributed by atoms with Crippen molar-refractivity contribution in [2.45, 2.75) is 12.5 Å². The molecule has 28 heavy (non-hydrogen) atoms. The van der Waals surface area contributed by atoms with Crippen LogP contribution in [0.5, 0.6) is 0 Å². The van der Waals surface area contributed by atoms with Gasteiger partial charge in [0.2, 0.25) is 0 Å². The van der Waals surface area contributed by atoms with Crippen LogP contribution < -0.4 is 0 Å². The van der Waals surface area contributed by atoms with E-state index >= 15 is 0 Å². The molecule has 2 aliphatic rings. The summed E-state index contributed by atoms with van der Waals surface area (Å²) in [5.74, 6) is 0.759. The third-order valence-corrected chi connectivity index (χ3v) is 8.12. The predicted molar refractivity (Wildman–Crippen MR) is 116 cm³/mol. The minimum atomic E-state index is -3.11. The topological polar surface area (TPSA) is 67.6 Å². The first-order valence-corrected chi connectivity index (χ1v) is 12.1. The lowest BCUT2D eigenvalue weighted by Crippen LogP contribution is -2.39. The third-order valence-electron chi connectivity index (χ3n) is 4.49. The Morgan fingerprint density at radius 1 is 1.25 bits per heavy atom. The number of thioether (sulfide) groups is 1. The van der Waals surface area contributed by atoms with Crippen LogP contribution in [0.25, 0.3) is 17.4 Å². The van der Waals surface area contributed by atoms with Crippen LogP contribution in [-0.4, -0.2) is 41.1 Å². The number of sulfone groups is 1. The molecule has 0 aliphatic carbocycles. The first-order valence-electron chi connectivity index (χ1n) is 8.26. The van der Waals surface area contributed by atoms with E-state index in [9.17, 15) is 13.2 Å². The number of benzene rings is 1. The van der Waals surface area contributed by atoms with Gasteiger partial charge in [0.1, 0.15) is 15.8 Å². The Morgan fingerprint density at radius 2 is 2.04 bits per heavy atom. The van der Waals surface area contributed by atoms with Crippen LogP contribution >= 0.6 is 47.2 Å². The molecule has 0 unspecified atom stereocenters. The molecule has 0 saturated carbocycles. The van der Waals surface area contributed by atoms with Crippen LogP contribution in [0.4, 0.5) is 0 Å². The monoisotopic (exact) mass is 473 g/mol. The van der Waals surface area contributed by atoms with E-state index in [4.69, 9.17) is 39.8 Å². The highest BCUT2D eigenvalue weighted by molar-refractivity contribution is 8.26. The van der Waals surface area contributed by atoms with Crippen LogP contribution in [0.15, 0.2) is 39.7 Å². The maximum absolute atomic E-state index is 12.8. The van der Waals surface area contributed by atoms with E-state index in [1.165, 1.54) is 4.90 Å². The third kappa shape index (κ3) is 3.89. The Labute approximate surface area is 181 Å². The van der Waals surface area contributed by atoms with Gasteiger partial charge in [0.15, 0.2) is 9.84 Å². The highest BCUT2D eigenvalue weighted by Crippen LogP contribution is 2.37. The normalized spacial score (nSPS) is 23.1. The maximum atomic E-state index is 12.8. The van der Waals surface area contributed by atoms with Gasteiger partial charge in [0, 0.05) is 16.7 Å². The van der Waals surface area contributed by atoms with Gasteiger partial charge in [-0.2, -0.15) is 0 Å². The number of thiocarbonyl (C=S) groups is 1. The molecule has 5 nitrogen and oxygen atoms in total. The zero-order valence-electron chi connectivity index (χ0n) is 14.2. The summed E-state index contributed by atoms with van der Waals surface area (Å²) in [7, 11) is -3.11. The Morgan fingerprint density at radius 3 is 2.71 bits per heavy atom. The minimum absolute atomic E-state index is 0.0489. The number of amides is 1. The van der Waals surface area contributed by atoms with Crippen molar-refractivity contribution in [3.8, 4) is 11.3 Å². The Bertz CT molecular complexity index is 1120. The Balaban J connectivity index is 1.58. The zero-order valence-corrected chi connectivity index (χ0v) is 18.2. The molecule has 0 spiro atoms. The summed E-state index contributed by atoms with van der Waals surface area (Å²) in [5, 5.41) is 0.986. The van der Waals surface area contributed by atoms with Gasteiger partial charge >= 0.3 is 0 Å². The molecule has 1 atom stereocenters. The lowest BCUT2D eigenvalue weighted by Gasteiger charge is -2.20. The average Bonchev–Trinajstić information content (AvgIpc) is 3.27. The van der Waals surface area contributed by atoms with Gasteiger partial charge in [0.05, 0.1) is 27.5 Å². The molecular formula is C18H13Cl2NO4S3. The fourth-order valence-corrected chi connectivity index (χ4v) is 6.75. The fourth-order valence-electron chi connectivity index (χ4n) is 3.17. The number of hydrogen-bond donors (Lipinski definition) is 0. The zero-order chi connectivity index (χ0) is 20.1. The highest BCUT2D eigenvalue weighted by atomic mass is 35.5. The van der Waals surface area contributed by atoms with Gasteiger partial charge in [-0.3, -0.25) is 9.69 Å².